The molecule has 2 aromatic carbocycles. The smallest absolute Gasteiger partial charge is 0.315 e. The lowest BCUT2D eigenvalue weighted by Gasteiger charge is -2.33. The van der Waals surface area contributed by atoms with Crippen LogP contribution in [0.1, 0.15) is 62.7 Å². The predicted molar refractivity (Wildman–Crippen MR) is 119 cm³/mol. The van der Waals surface area contributed by atoms with Crippen LogP contribution in [0.5, 0.6) is 0 Å². The van der Waals surface area contributed by atoms with E-state index in [9.17, 15) is 9.59 Å². The van der Waals surface area contributed by atoms with Crippen molar-refractivity contribution >= 4 is 12.1 Å². The Bertz CT molecular complexity index is 743. The first kappa shape index (κ1) is 21.7. The van der Waals surface area contributed by atoms with Gasteiger partial charge in [0.05, 0.1) is 24.2 Å². The number of carbonyl (C=O) groups excluding carboxylic acids is 2. The van der Waals surface area contributed by atoms with Gasteiger partial charge in [-0.05, 0) is 37.8 Å². The van der Waals surface area contributed by atoms with Crippen molar-refractivity contribution in [2.24, 2.45) is 0 Å². The third-order valence-electron chi connectivity index (χ3n) is 5.69. The molecule has 1 saturated carbocycles. The highest BCUT2D eigenvalue weighted by Gasteiger charge is 2.28. The fraction of sp³-hybridized carbons (Fsp3) is 0.417. The Morgan fingerprint density at radius 3 is 1.43 bits per heavy atom. The second kappa shape index (κ2) is 10.7. The van der Waals surface area contributed by atoms with Gasteiger partial charge in [-0.1, -0.05) is 73.5 Å². The highest BCUT2D eigenvalue weighted by atomic mass is 16.2. The van der Waals surface area contributed by atoms with Crippen molar-refractivity contribution in [1.29, 1.82) is 0 Å². The highest BCUT2D eigenvalue weighted by molar-refractivity contribution is 5.76. The molecular formula is C24H32N4O2. The van der Waals surface area contributed by atoms with Crippen LogP contribution in [0.25, 0.3) is 0 Å². The quantitative estimate of drug-likeness (QED) is 0.571. The number of amides is 4. The minimum Gasteiger partial charge on any atom is -0.333 e. The minimum absolute atomic E-state index is 0.0838. The lowest BCUT2D eigenvalue weighted by atomic mass is 9.90. The zero-order chi connectivity index (χ0) is 21.3. The molecule has 0 spiro atoms. The molecule has 0 unspecified atom stereocenters. The molecule has 30 heavy (non-hydrogen) atoms. The molecule has 2 aromatic rings. The summed E-state index contributed by atoms with van der Waals surface area (Å²) in [7, 11) is 0. The first-order valence-electron chi connectivity index (χ1n) is 10.8. The standard InChI is InChI=1S/C24H32N4O2/c1-17(19-11-5-3-6-12-19)25-23(29)27-21-15-9-10-16-22(21)28-24(30)26-18(2)20-13-7-4-8-14-20/h3-8,11-14,17-18,21-22H,9-10,15-16H2,1-2H3,(H2,25,27,29)(H2,26,28,30)/t17-,18-,21+,22+/m0/s1. The second-order valence-electron chi connectivity index (χ2n) is 8.00. The summed E-state index contributed by atoms with van der Waals surface area (Å²) in [6.07, 6.45) is 3.79. The molecule has 4 amide bonds. The van der Waals surface area contributed by atoms with Crippen molar-refractivity contribution in [3.63, 3.8) is 0 Å². The van der Waals surface area contributed by atoms with E-state index in [1.165, 1.54) is 0 Å². The van der Waals surface area contributed by atoms with Crippen LogP contribution in [-0.2, 0) is 0 Å². The first-order chi connectivity index (χ1) is 14.5. The molecule has 160 valence electrons. The van der Waals surface area contributed by atoms with E-state index < -0.39 is 0 Å². The summed E-state index contributed by atoms with van der Waals surface area (Å²) in [5.41, 5.74) is 2.11. The highest BCUT2D eigenvalue weighted by Crippen LogP contribution is 2.19. The maximum Gasteiger partial charge on any atom is 0.315 e. The Labute approximate surface area is 178 Å². The van der Waals surface area contributed by atoms with Gasteiger partial charge in [-0.3, -0.25) is 0 Å². The number of hydrogen-bond donors (Lipinski definition) is 4. The van der Waals surface area contributed by atoms with E-state index in [-0.39, 0.29) is 36.2 Å². The summed E-state index contributed by atoms with van der Waals surface area (Å²) >= 11 is 0. The van der Waals surface area contributed by atoms with Crippen LogP contribution < -0.4 is 21.3 Å². The van der Waals surface area contributed by atoms with Crippen LogP contribution >= 0.6 is 0 Å². The summed E-state index contributed by atoms with van der Waals surface area (Å²) in [5.74, 6) is 0. The van der Waals surface area contributed by atoms with Crippen LogP contribution in [-0.4, -0.2) is 24.1 Å². The Hall–Kier alpha value is -3.02. The van der Waals surface area contributed by atoms with Crippen molar-refractivity contribution in [1.82, 2.24) is 21.3 Å². The van der Waals surface area contributed by atoms with E-state index in [1.807, 2.05) is 74.5 Å². The van der Waals surface area contributed by atoms with Gasteiger partial charge in [-0.15, -0.1) is 0 Å². The zero-order valence-corrected chi connectivity index (χ0v) is 17.7. The fourth-order valence-corrected chi connectivity index (χ4v) is 3.94. The summed E-state index contributed by atoms with van der Waals surface area (Å²) in [6.45, 7) is 3.92. The molecule has 0 aromatic heterocycles. The Morgan fingerprint density at radius 1 is 0.700 bits per heavy atom. The SMILES string of the molecule is C[C@H](NC(=O)N[C@@H]1CCCC[C@H]1NC(=O)N[C@@H](C)c1ccccc1)c1ccccc1. The molecule has 0 radical (unpaired) electrons. The molecule has 0 bridgehead atoms. The topological polar surface area (TPSA) is 82.3 Å². The van der Waals surface area contributed by atoms with Crippen molar-refractivity contribution in [2.45, 2.75) is 63.7 Å². The van der Waals surface area contributed by atoms with Crippen molar-refractivity contribution in [3.8, 4) is 0 Å². The average Bonchev–Trinajstić information content (AvgIpc) is 2.76. The van der Waals surface area contributed by atoms with E-state index in [4.69, 9.17) is 0 Å². The molecule has 1 fully saturated rings. The predicted octanol–water partition coefficient (Wildman–Crippen LogP) is 4.42. The van der Waals surface area contributed by atoms with E-state index in [0.717, 1.165) is 36.8 Å². The van der Waals surface area contributed by atoms with Gasteiger partial charge in [0.2, 0.25) is 0 Å². The summed E-state index contributed by atoms with van der Waals surface area (Å²) in [6, 6.07) is 19.0. The molecule has 3 rings (SSSR count). The molecule has 0 saturated heterocycles. The molecule has 0 heterocycles. The first-order valence-corrected chi connectivity index (χ1v) is 10.8. The molecule has 6 heteroatoms. The molecule has 1 aliphatic rings. The second-order valence-corrected chi connectivity index (χ2v) is 8.00. The number of urea groups is 2. The Balaban J connectivity index is 1.51. The monoisotopic (exact) mass is 408 g/mol. The maximum atomic E-state index is 12.5. The van der Waals surface area contributed by atoms with Gasteiger partial charge in [0.15, 0.2) is 0 Å². The van der Waals surface area contributed by atoms with Crippen LogP contribution in [0.4, 0.5) is 9.59 Å². The molecule has 0 aliphatic heterocycles. The van der Waals surface area contributed by atoms with Gasteiger partial charge in [0.1, 0.15) is 0 Å². The number of benzene rings is 2. The van der Waals surface area contributed by atoms with Crippen LogP contribution in [0, 0.1) is 0 Å². The van der Waals surface area contributed by atoms with E-state index >= 15 is 0 Å². The van der Waals surface area contributed by atoms with Crippen molar-refractivity contribution in [2.75, 3.05) is 0 Å². The van der Waals surface area contributed by atoms with Gasteiger partial charge in [-0.2, -0.15) is 0 Å². The average molecular weight is 409 g/mol. The van der Waals surface area contributed by atoms with Crippen LogP contribution in [0.3, 0.4) is 0 Å². The molecular weight excluding hydrogens is 376 g/mol. The van der Waals surface area contributed by atoms with Crippen molar-refractivity contribution in [3.05, 3.63) is 71.8 Å². The summed E-state index contributed by atoms with van der Waals surface area (Å²) in [5, 5.41) is 12.1. The summed E-state index contributed by atoms with van der Waals surface area (Å²) < 4.78 is 0. The maximum absolute atomic E-state index is 12.5. The van der Waals surface area contributed by atoms with Gasteiger partial charge in [0, 0.05) is 0 Å². The summed E-state index contributed by atoms with van der Waals surface area (Å²) in [4.78, 5) is 25.1. The fourth-order valence-electron chi connectivity index (χ4n) is 3.94. The molecule has 6 nitrogen and oxygen atoms in total. The third-order valence-corrected chi connectivity index (χ3v) is 5.69. The van der Waals surface area contributed by atoms with E-state index in [0.29, 0.717) is 0 Å². The van der Waals surface area contributed by atoms with E-state index in [1.54, 1.807) is 0 Å². The number of hydrogen-bond acceptors (Lipinski definition) is 2. The van der Waals surface area contributed by atoms with Crippen LogP contribution in [0.2, 0.25) is 0 Å². The minimum atomic E-state index is -0.205. The number of carbonyl (C=O) groups is 2. The molecule has 4 atom stereocenters. The largest absolute Gasteiger partial charge is 0.333 e. The molecule has 1 aliphatic carbocycles. The zero-order valence-electron chi connectivity index (χ0n) is 17.7. The number of rotatable bonds is 6. The van der Waals surface area contributed by atoms with Gasteiger partial charge < -0.3 is 21.3 Å². The lowest BCUT2D eigenvalue weighted by molar-refractivity contribution is 0.210. The van der Waals surface area contributed by atoms with Crippen LogP contribution in [0.15, 0.2) is 60.7 Å². The Morgan fingerprint density at radius 2 is 1.07 bits per heavy atom. The van der Waals surface area contributed by atoms with E-state index in [2.05, 4.69) is 21.3 Å². The Kier molecular flexibility index (Phi) is 7.71. The van der Waals surface area contributed by atoms with Gasteiger partial charge in [0.25, 0.3) is 0 Å². The third kappa shape index (κ3) is 6.24. The normalized spacial score (nSPS) is 20.5. The van der Waals surface area contributed by atoms with Gasteiger partial charge >= 0.3 is 12.1 Å². The van der Waals surface area contributed by atoms with Crippen molar-refractivity contribution < 1.29 is 9.59 Å². The van der Waals surface area contributed by atoms with Gasteiger partial charge in [-0.25, -0.2) is 9.59 Å². The number of nitrogens with one attached hydrogen (secondary N) is 4. The lowest BCUT2D eigenvalue weighted by Crippen LogP contribution is -2.56. The molecule has 4 N–H and O–H groups in total.